The average molecular weight is 215 g/mol. The third kappa shape index (κ3) is 3.80. The van der Waals surface area contributed by atoms with Crippen LogP contribution in [0.25, 0.3) is 0 Å². The van der Waals surface area contributed by atoms with Crippen molar-refractivity contribution < 1.29 is 14.6 Å². The first-order valence-corrected chi connectivity index (χ1v) is 5.68. The molecular formula is C11H21NO3. The van der Waals surface area contributed by atoms with Gasteiger partial charge in [-0.3, -0.25) is 9.69 Å². The van der Waals surface area contributed by atoms with Crippen LogP contribution in [-0.2, 0) is 9.53 Å². The van der Waals surface area contributed by atoms with Gasteiger partial charge in [-0.15, -0.1) is 0 Å². The molecule has 0 bridgehead atoms. The van der Waals surface area contributed by atoms with Gasteiger partial charge in [-0.25, -0.2) is 0 Å². The Hall–Kier alpha value is -0.610. The Labute approximate surface area is 91.2 Å². The fourth-order valence-corrected chi connectivity index (χ4v) is 2.12. The lowest BCUT2D eigenvalue weighted by molar-refractivity contribution is -0.139. The molecule has 1 heterocycles. The van der Waals surface area contributed by atoms with Gasteiger partial charge in [0.05, 0.1) is 13.2 Å². The van der Waals surface area contributed by atoms with Crippen molar-refractivity contribution in [2.24, 2.45) is 5.92 Å². The smallest absolute Gasteiger partial charge is 0.317 e. The predicted octanol–water partition coefficient (Wildman–Crippen LogP) is 1.21. The molecule has 1 fully saturated rings. The number of nitrogens with zero attached hydrogens (tertiary/aromatic N) is 1. The Morgan fingerprint density at radius 1 is 1.67 bits per heavy atom. The highest BCUT2D eigenvalue weighted by molar-refractivity contribution is 5.69. The Bertz CT molecular complexity index is 202. The summed E-state index contributed by atoms with van der Waals surface area (Å²) in [6.45, 7) is 6.78. The minimum absolute atomic E-state index is 0.144. The van der Waals surface area contributed by atoms with Crippen LogP contribution in [0.2, 0.25) is 0 Å². The van der Waals surface area contributed by atoms with Crippen LogP contribution in [0.5, 0.6) is 0 Å². The van der Waals surface area contributed by atoms with E-state index in [9.17, 15) is 4.79 Å². The summed E-state index contributed by atoms with van der Waals surface area (Å²) in [5, 5.41) is 8.83. The van der Waals surface area contributed by atoms with Gasteiger partial charge in [0.15, 0.2) is 0 Å². The van der Waals surface area contributed by atoms with Gasteiger partial charge in [0.2, 0.25) is 0 Å². The van der Waals surface area contributed by atoms with Crippen molar-refractivity contribution in [2.45, 2.75) is 32.7 Å². The fraction of sp³-hybridized carbons (Fsp3) is 0.909. The number of hydrogen-bond donors (Lipinski definition) is 1. The van der Waals surface area contributed by atoms with Crippen LogP contribution >= 0.6 is 0 Å². The van der Waals surface area contributed by atoms with Crippen molar-refractivity contribution in [3.8, 4) is 0 Å². The van der Waals surface area contributed by atoms with E-state index in [0.29, 0.717) is 12.0 Å². The van der Waals surface area contributed by atoms with Gasteiger partial charge in [0.1, 0.15) is 0 Å². The molecular weight excluding hydrogens is 194 g/mol. The number of carboxylic acid groups (broad SMARTS) is 1. The molecule has 4 nitrogen and oxygen atoms in total. The maximum absolute atomic E-state index is 10.7. The monoisotopic (exact) mass is 215 g/mol. The molecule has 1 rings (SSSR count). The average Bonchev–Trinajstić information content (AvgIpc) is 2.68. The Morgan fingerprint density at radius 2 is 2.40 bits per heavy atom. The Kier molecular flexibility index (Phi) is 5.05. The summed E-state index contributed by atoms with van der Waals surface area (Å²) in [5.74, 6) is -0.245. The second-order valence-corrected chi connectivity index (χ2v) is 4.23. The lowest BCUT2D eigenvalue weighted by Gasteiger charge is -2.30. The van der Waals surface area contributed by atoms with E-state index in [0.717, 1.165) is 32.6 Å². The van der Waals surface area contributed by atoms with E-state index in [1.165, 1.54) is 0 Å². The van der Waals surface area contributed by atoms with Crippen molar-refractivity contribution in [1.82, 2.24) is 4.90 Å². The summed E-state index contributed by atoms with van der Waals surface area (Å²) in [6, 6.07) is 0.309. The first-order valence-electron chi connectivity index (χ1n) is 5.68. The second-order valence-electron chi connectivity index (χ2n) is 4.23. The van der Waals surface area contributed by atoms with E-state index >= 15 is 0 Å². The molecule has 1 saturated heterocycles. The Balaban J connectivity index is 2.48. The first kappa shape index (κ1) is 12.5. The molecule has 0 spiro atoms. The molecule has 15 heavy (non-hydrogen) atoms. The van der Waals surface area contributed by atoms with Gasteiger partial charge in [-0.1, -0.05) is 6.92 Å². The number of aliphatic carboxylic acids is 1. The fourth-order valence-electron chi connectivity index (χ4n) is 2.12. The summed E-state index contributed by atoms with van der Waals surface area (Å²) in [5.41, 5.74) is 0. The molecule has 0 saturated carbocycles. The minimum atomic E-state index is -0.741. The summed E-state index contributed by atoms with van der Waals surface area (Å²) >= 11 is 0. The molecule has 2 atom stereocenters. The zero-order chi connectivity index (χ0) is 11.3. The number of carboxylic acids is 1. The van der Waals surface area contributed by atoms with Gasteiger partial charge in [-0.2, -0.15) is 0 Å². The number of carbonyl (C=O) groups is 1. The van der Waals surface area contributed by atoms with E-state index in [4.69, 9.17) is 9.84 Å². The SMILES string of the molecule is CCCN(CC(=O)O)C(C)C1CCOC1. The summed E-state index contributed by atoms with van der Waals surface area (Å²) in [6.07, 6.45) is 2.05. The topological polar surface area (TPSA) is 49.8 Å². The third-order valence-corrected chi connectivity index (χ3v) is 3.07. The van der Waals surface area contributed by atoms with Crippen LogP contribution in [0.3, 0.4) is 0 Å². The summed E-state index contributed by atoms with van der Waals surface area (Å²) < 4.78 is 5.34. The number of ether oxygens (including phenoxy) is 1. The van der Waals surface area contributed by atoms with Crippen molar-refractivity contribution in [2.75, 3.05) is 26.3 Å². The highest BCUT2D eigenvalue weighted by Crippen LogP contribution is 2.20. The molecule has 0 aliphatic carbocycles. The molecule has 0 aromatic heterocycles. The normalized spacial score (nSPS) is 23.3. The second kappa shape index (κ2) is 6.08. The maximum atomic E-state index is 10.7. The van der Waals surface area contributed by atoms with Crippen LogP contribution in [0.15, 0.2) is 0 Å². The summed E-state index contributed by atoms with van der Waals surface area (Å²) in [4.78, 5) is 12.8. The standard InChI is InChI=1S/C11H21NO3/c1-3-5-12(7-11(13)14)9(2)10-4-6-15-8-10/h9-10H,3-8H2,1-2H3,(H,13,14). The molecule has 0 aromatic carbocycles. The molecule has 1 aliphatic heterocycles. The zero-order valence-electron chi connectivity index (χ0n) is 9.61. The van der Waals surface area contributed by atoms with Crippen LogP contribution in [0.1, 0.15) is 26.7 Å². The molecule has 0 aromatic rings. The van der Waals surface area contributed by atoms with E-state index in [2.05, 4.69) is 13.8 Å². The maximum Gasteiger partial charge on any atom is 0.317 e. The molecule has 0 radical (unpaired) electrons. The van der Waals surface area contributed by atoms with Crippen LogP contribution < -0.4 is 0 Å². The van der Waals surface area contributed by atoms with Gasteiger partial charge in [-0.05, 0) is 32.2 Å². The van der Waals surface area contributed by atoms with Gasteiger partial charge < -0.3 is 9.84 Å². The van der Waals surface area contributed by atoms with Crippen molar-refractivity contribution in [1.29, 1.82) is 0 Å². The van der Waals surface area contributed by atoms with E-state index < -0.39 is 5.97 Å². The molecule has 4 heteroatoms. The lowest BCUT2D eigenvalue weighted by atomic mass is 9.99. The van der Waals surface area contributed by atoms with E-state index in [1.807, 2.05) is 4.90 Å². The molecule has 1 N–H and O–H groups in total. The Morgan fingerprint density at radius 3 is 2.87 bits per heavy atom. The van der Waals surface area contributed by atoms with E-state index in [1.54, 1.807) is 0 Å². The van der Waals surface area contributed by atoms with Crippen molar-refractivity contribution in [3.05, 3.63) is 0 Å². The number of rotatable bonds is 6. The molecule has 1 aliphatic rings. The largest absolute Gasteiger partial charge is 0.480 e. The predicted molar refractivity (Wildman–Crippen MR) is 57.9 cm³/mol. The van der Waals surface area contributed by atoms with Crippen molar-refractivity contribution in [3.63, 3.8) is 0 Å². The number of hydrogen-bond acceptors (Lipinski definition) is 3. The highest BCUT2D eigenvalue weighted by Gasteiger charge is 2.27. The molecule has 88 valence electrons. The first-order chi connectivity index (χ1) is 7.15. The highest BCUT2D eigenvalue weighted by atomic mass is 16.5. The van der Waals surface area contributed by atoms with Crippen LogP contribution in [0, 0.1) is 5.92 Å². The van der Waals surface area contributed by atoms with Gasteiger partial charge in [0, 0.05) is 12.6 Å². The van der Waals surface area contributed by atoms with Gasteiger partial charge in [0.25, 0.3) is 0 Å². The van der Waals surface area contributed by atoms with Crippen LogP contribution in [-0.4, -0.2) is 48.3 Å². The lowest BCUT2D eigenvalue weighted by Crippen LogP contribution is -2.42. The van der Waals surface area contributed by atoms with E-state index in [-0.39, 0.29) is 6.54 Å². The minimum Gasteiger partial charge on any atom is -0.480 e. The van der Waals surface area contributed by atoms with Gasteiger partial charge >= 0.3 is 5.97 Å². The summed E-state index contributed by atoms with van der Waals surface area (Å²) in [7, 11) is 0. The third-order valence-electron chi connectivity index (χ3n) is 3.07. The molecule has 0 amide bonds. The molecule has 2 unspecified atom stereocenters. The quantitative estimate of drug-likeness (QED) is 0.723. The zero-order valence-corrected chi connectivity index (χ0v) is 9.61. The van der Waals surface area contributed by atoms with Crippen LogP contribution in [0.4, 0.5) is 0 Å². The van der Waals surface area contributed by atoms with Crippen molar-refractivity contribution >= 4 is 5.97 Å².